The molecule has 1 aromatic heterocycles. The summed E-state index contributed by atoms with van der Waals surface area (Å²) < 4.78 is 0. The molecular formula is C12H21N3S. The number of likely N-dealkylation sites (tertiary alicyclic amines) is 1. The molecule has 4 heteroatoms. The molecule has 0 aromatic carbocycles. The maximum absolute atomic E-state index is 4.32. The molecular weight excluding hydrogens is 218 g/mol. The van der Waals surface area contributed by atoms with Crippen molar-refractivity contribution in [3.63, 3.8) is 0 Å². The van der Waals surface area contributed by atoms with Gasteiger partial charge in [-0.2, -0.15) is 0 Å². The summed E-state index contributed by atoms with van der Waals surface area (Å²) in [6, 6.07) is 0.719. The molecule has 1 aliphatic heterocycles. The largest absolute Gasteiger partial charge is 0.313 e. The topological polar surface area (TPSA) is 28.2 Å². The van der Waals surface area contributed by atoms with Crippen LogP contribution in [0.4, 0.5) is 0 Å². The highest BCUT2D eigenvalue weighted by Crippen LogP contribution is 2.11. The summed E-state index contributed by atoms with van der Waals surface area (Å²) in [5.41, 5.74) is 0. The second-order valence-electron chi connectivity index (χ2n) is 4.42. The van der Waals surface area contributed by atoms with Crippen LogP contribution in [0, 0.1) is 0 Å². The lowest BCUT2D eigenvalue weighted by Gasteiger charge is -2.15. The summed E-state index contributed by atoms with van der Waals surface area (Å²) in [6.07, 6.45) is 5.54. The first-order valence-electron chi connectivity index (χ1n) is 6.22. The third-order valence-corrected chi connectivity index (χ3v) is 3.92. The first-order chi connectivity index (χ1) is 7.88. The van der Waals surface area contributed by atoms with Crippen LogP contribution in [0.2, 0.25) is 0 Å². The average molecular weight is 239 g/mol. The molecule has 0 aliphatic carbocycles. The molecule has 2 rings (SSSR count). The number of nitrogens with zero attached hydrogens (tertiary/aromatic N) is 2. The van der Waals surface area contributed by atoms with Crippen LogP contribution in [0.5, 0.6) is 0 Å². The zero-order valence-electron chi connectivity index (χ0n) is 9.98. The van der Waals surface area contributed by atoms with Gasteiger partial charge in [-0.15, -0.1) is 11.3 Å². The number of rotatable bonds is 6. The lowest BCUT2D eigenvalue weighted by atomic mass is 10.2. The van der Waals surface area contributed by atoms with Crippen molar-refractivity contribution < 1.29 is 0 Å². The molecule has 0 amide bonds. The average Bonchev–Trinajstić information content (AvgIpc) is 2.95. The fraction of sp³-hybridized carbons (Fsp3) is 0.750. The Bertz CT molecular complexity index is 286. The maximum atomic E-state index is 4.32. The van der Waals surface area contributed by atoms with Crippen molar-refractivity contribution in [1.29, 1.82) is 0 Å². The normalized spacial score (nSPS) is 21.7. The van der Waals surface area contributed by atoms with Crippen LogP contribution in [0.15, 0.2) is 11.6 Å². The summed E-state index contributed by atoms with van der Waals surface area (Å²) >= 11 is 1.77. The number of aromatic nitrogens is 1. The van der Waals surface area contributed by atoms with E-state index in [2.05, 4.69) is 27.5 Å². The van der Waals surface area contributed by atoms with Crippen molar-refractivity contribution in [2.24, 2.45) is 0 Å². The van der Waals surface area contributed by atoms with Gasteiger partial charge in [0.1, 0.15) is 0 Å². The van der Waals surface area contributed by atoms with E-state index in [1.807, 2.05) is 6.20 Å². The van der Waals surface area contributed by atoms with E-state index in [1.165, 1.54) is 30.9 Å². The summed E-state index contributed by atoms with van der Waals surface area (Å²) in [7, 11) is 0. The van der Waals surface area contributed by atoms with Gasteiger partial charge in [-0.25, -0.2) is 4.98 Å². The van der Waals surface area contributed by atoms with Gasteiger partial charge in [-0.05, 0) is 25.9 Å². The SMILES string of the molecule is CCCNC1CCN(CCc2nccs2)C1. The van der Waals surface area contributed by atoms with E-state index in [0.717, 1.165) is 25.6 Å². The lowest BCUT2D eigenvalue weighted by Crippen LogP contribution is -2.33. The molecule has 0 radical (unpaired) electrons. The number of thiazole rings is 1. The number of hydrogen-bond donors (Lipinski definition) is 1. The predicted octanol–water partition coefficient (Wildman–Crippen LogP) is 1.76. The van der Waals surface area contributed by atoms with Crippen molar-refractivity contribution in [2.45, 2.75) is 32.2 Å². The minimum atomic E-state index is 0.719. The zero-order chi connectivity index (χ0) is 11.2. The van der Waals surface area contributed by atoms with E-state index < -0.39 is 0 Å². The monoisotopic (exact) mass is 239 g/mol. The Morgan fingerprint density at radius 2 is 2.56 bits per heavy atom. The van der Waals surface area contributed by atoms with Gasteiger partial charge in [0.25, 0.3) is 0 Å². The third kappa shape index (κ3) is 3.54. The Morgan fingerprint density at radius 3 is 3.31 bits per heavy atom. The second-order valence-corrected chi connectivity index (χ2v) is 5.40. The van der Waals surface area contributed by atoms with Crippen molar-refractivity contribution in [3.8, 4) is 0 Å². The first-order valence-corrected chi connectivity index (χ1v) is 7.10. The van der Waals surface area contributed by atoms with Crippen LogP contribution in [0.1, 0.15) is 24.8 Å². The Hall–Kier alpha value is -0.450. The highest BCUT2D eigenvalue weighted by atomic mass is 32.1. The zero-order valence-corrected chi connectivity index (χ0v) is 10.8. The van der Waals surface area contributed by atoms with Gasteiger partial charge in [0.15, 0.2) is 0 Å². The Balaban J connectivity index is 1.65. The van der Waals surface area contributed by atoms with Crippen LogP contribution in [-0.4, -0.2) is 42.1 Å². The highest BCUT2D eigenvalue weighted by Gasteiger charge is 2.21. The molecule has 16 heavy (non-hydrogen) atoms. The fourth-order valence-corrected chi connectivity index (χ4v) is 2.79. The molecule has 1 N–H and O–H groups in total. The van der Waals surface area contributed by atoms with Crippen molar-refractivity contribution in [3.05, 3.63) is 16.6 Å². The Morgan fingerprint density at radius 1 is 1.62 bits per heavy atom. The molecule has 0 spiro atoms. The van der Waals surface area contributed by atoms with Gasteiger partial charge in [0.2, 0.25) is 0 Å². The molecule has 1 fully saturated rings. The molecule has 1 unspecified atom stereocenters. The molecule has 3 nitrogen and oxygen atoms in total. The van der Waals surface area contributed by atoms with Gasteiger partial charge in [-0.3, -0.25) is 0 Å². The van der Waals surface area contributed by atoms with E-state index in [0.29, 0.717) is 0 Å². The number of nitrogens with one attached hydrogen (secondary N) is 1. The molecule has 1 atom stereocenters. The van der Waals surface area contributed by atoms with Crippen molar-refractivity contribution in [1.82, 2.24) is 15.2 Å². The van der Waals surface area contributed by atoms with Crippen LogP contribution in [-0.2, 0) is 6.42 Å². The van der Waals surface area contributed by atoms with Crippen LogP contribution in [0.3, 0.4) is 0 Å². The molecule has 2 heterocycles. The maximum Gasteiger partial charge on any atom is 0.0937 e. The fourth-order valence-electron chi connectivity index (χ4n) is 2.18. The van der Waals surface area contributed by atoms with E-state index in [9.17, 15) is 0 Å². The Kier molecular flexibility index (Phi) is 4.75. The van der Waals surface area contributed by atoms with E-state index in [1.54, 1.807) is 11.3 Å². The summed E-state index contributed by atoms with van der Waals surface area (Å²) in [4.78, 5) is 6.87. The molecule has 0 bridgehead atoms. The van der Waals surface area contributed by atoms with Gasteiger partial charge in [0, 0.05) is 37.1 Å². The smallest absolute Gasteiger partial charge is 0.0937 e. The second kappa shape index (κ2) is 6.33. The van der Waals surface area contributed by atoms with Gasteiger partial charge >= 0.3 is 0 Å². The Labute approximate surface area is 102 Å². The van der Waals surface area contributed by atoms with Crippen molar-refractivity contribution >= 4 is 11.3 Å². The van der Waals surface area contributed by atoms with E-state index in [-0.39, 0.29) is 0 Å². The third-order valence-electron chi connectivity index (χ3n) is 3.08. The van der Waals surface area contributed by atoms with E-state index >= 15 is 0 Å². The summed E-state index contributed by atoms with van der Waals surface area (Å²) in [5.74, 6) is 0. The first kappa shape index (κ1) is 12.0. The standard InChI is InChI=1S/C12H21N3S/c1-2-5-13-11-3-7-15(10-11)8-4-12-14-6-9-16-12/h6,9,11,13H,2-5,7-8,10H2,1H3. The minimum absolute atomic E-state index is 0.719. The summed E-state index contributed by atoms with van der Waals surface area (Å²) in [6.45, 7) is 7.00. The van der Waals surface area contributed by atoms with Gasteiger partial charge in [-0.1, -0.05) is 6.92 Å². The molecule has 0 saturated carbocycles. The predicted molar refractivity (Wildman–Crippen MR) is 69.0 cm³/mol. The highest BCUT2D eigenvalue weighted by molar-refractivity contribution is 7.09. The quantitative estimate of drug-likeness (QED) is 0.820. The van der Waals surface area contributed by atoms with Crippen LogP contribution >= 0.6 is 11.3 Å². The number of hydrogen-bond acceptors (Lipinski definition) is 4. The molecule has 1 aliphatic rings. The minimum Gasteiger partial charge on any atom is -0.313 e. The van der Waals surface area contributed by atoms with Crippen molar-refractivity contribution in [2.75, 3.05) is 26.2 Å². The van der Waals surface area contributed by atoms with E-state index in [4.69, 9.17) is 0 Å². The van der Waals surface area contributed by atoms with Crippen LogP contribution in [0.25, 0.3) is 0 Å². The molecule has 90 valence electrons. The molecule has 1 saturated heterocycles. The molecule has 1 aromatic rings. The van der Waals surface area contributed by atoms with Gasteiger partial charge in [0.05, 0.1) is 5.01 Å². The van der Waals surface area contributed by atoms with Gasteiger partial charge < -0.3 is 10.2 Å². The summed E-state index contributed by atoms with van der Waals surface area (Å²) in [5, 5.41) is 6.93. The van der Waals surface area contributed by atoms with Crippen LogP contribution < -0.4 is 5.32 Å². The lowest BCUT2D eigenvalue weighted by molar-refractivity contribution is 0.331.